The minimum absolute atomic E-state index is 0.00765. The number of anilines is 5. The second-order valence-corrected chi connectivity index (χ2v) is 8.35. The van der Waals surface area contributed by atoms with Gasteiger partial charge < -0.3 is 11.1 Å². The Labute approximate surface area is 181 Å². The van der Waals surface area contributed by atoms with E-state index >= 15 is 0 Å². The van der Waals surface area contributed by atoms with Gasteiger partial charge in [-0.3, -0.25) is 9.80 Å². The third-order valence-electron chi connectivity index (χ3n) is 6.15. The Kier molecular flexibility index (Phi) is 4.73. The number of urea groups is 1. The van der Waals surface area contributed by atoms with Gasteiger partial charge in [-0.05, 0) is 68.5 Å². The van der Waals surface area contributed by atoms with Gasteiger partial charge in [0.15, 0.2) is 0 Å². The molecule has 7 nitrogen and oxygen atoms in total. The smallest absolute Gasteiger partial charge is 0.330 e. The zero-order chi connectivity index (χ0) is 21.5. The number of hydrogen-bond acceptors (Lipinski definition) is 5. The van der Waals surface area contributed by atoms with E-state index < -0.39 is 0 Å². The maximum atomic E-state index is 13.7. The van der Waals surface area contributed by atoms with Crippen LogP contribution >= 0.6 is 0 Å². The zero-order valence-corrected chi connectivity index (χ0v) is 17.8. The first kappa shape index (κ1) is 19.4. The van der Waals surface area contributed by atoms with Crippen molar-refractivity contribution in [3.63, 3.8) is 0 Å². The van der Waals surface area contributed by atoms with E-state index in [1.807, 2.05) is 46.3 Å². The summed E-state index contributed by atoms with van der Waals surface area (Å²) in [5.41, 5.74) is 11.4. The third kappa shape index (κ3) is 3.46. The molecule has 31 heavy (non-hydrogen) atoms. The van der Waals surface area contributed by atoms with Crippen molar-refractivity contribution in [3.8, 4) is 0 Å². The molecule has 2 aliphatic rings. The molecule has 0 unspecified atom stereocenters. The summed E-state index contributed by atoms with van der Waals surface area (Å²) in [6, 6.07) is 13.7. The fourth-order valence-corrected chi connectivity index (χ4v) is 4.31. The largest absolute Gasteiger partial charge is 0.399 e. The number of aryl methyl sites for hydroxylation is 2. The second-order valence-electron chi connectivity index (χ2n) is 8.35. The SMILES string of the molecule is Cc1cccc(C)c1N1Cc2cnc(Nc3ccc(N)cc3)nc2N(C2CCC2)C1=O. The van der Waals surface area contributed by atoms with Crippen molar-refractivity contribution in [2.24, 2.45) is 0 Å². The summed E-state index contributed by atoms with van der Waals surface area (Å²) < 4.78 is 0. The highest BCUT2D eigenvalue weighted by molar-refractivity contribution is 6.06. The lowest BCUT2D eigenvalue weighted by atomic mass is 9.90. The van der Waals surface area contributed by atoms with Gasteiger partial charge in [-0.25, -0.2) is 9.78 Å². The summed E-state index contributed by atoms with van der Waals surface area (Å²) in [7, 11) is 0. The molecular weight excluding hydrogens is 388 g/mol. The molecule has 1 saturated carbocycles. The Hall–Kier alpha value is -3.61. The van der Waals surface area contributed by atoms with Gasteiger partial charge in [0.05, 0.1) is 12.2 Å². The van der Waals surface area contributed by atoms with Crippen LogP contribution < -0.4 is 20.9 Å². The van der Waals surface area contributed by atoms with Gasteiger partial charge in [-0.15, -0.1) is 0 Å². The number of nitrogens with one attached hydrogen (secondary N) is 1. The molecule has 1 aliphatic carbocycles. The maximum Gasteiger partial charge on any atom is 0.330 e. The number of rotatable bonds is 4. The average molecular weight is 415 g/mol. The number of fused-ring (bicyclic) bond motifs is 1. The van der Waals surface area contributed by atoms with Crippen LogP contribution in [0.5, 0.6) is 0 Å². The molecule has 0 radical (unpaired) electrons. The molecule has 0 atom stereocenters. The summed E-state index contributed by atoms with van der Waals surface area (Å²) >= 11 is 0. The number of benzene rings is 2. The van der Waals surface area contributed by atoms with Crippen molar-refractivity contribution in [2.45, 2.75) is 45.7 Å². The molecular formula is C24H26N6O. The molecule has 1 aliphatic heterocycles. The minimum Gasteiger partial charge on any atom is -0.399 e. The summed E-state index contributed by atoms with van der Waals surface area (Å²) in [5, 5.41) is 3.22. The second kappa shape index (κ2) is 7.58. The number of aromatic nitrogens is 2. The van der Waals surface area contributed by atoms with Crippen molar-refractivity contribution in [3.05, 3.63) is 65.4 Å². The molecule has 2 aromatic carbocycles. The van der Waals surface area contributed by atoms with Crippen molar-refractivity contribution in [1.82, 2.24) is 9.97 Å². The molecule has 1 fully saturated rings. The van der Waals surface area contributed by atoms with Crippen LogP contribution in [0.25, 0.3) is 0 Å². The van der Waals surface area contributed by atoms with E-state index in [0.717, 1.165) is 47.3 Å². The van der Waals surface area contributed by atoms with Crippen molar-refractivity contribution >= 4 is 34.9 Å². The number of hydrogen-bond donors (Lipinski definition) is 2. The van der Waals surface area contributed by atoms with Crippen LogP contribution in [-0.4, -0.2) is 22.0 Å². The van der Waals surface area contributed by atoms with Crippen molar-refractivity contribution < 1.29 is 4.79 Å². The van der Waals surface area contributed by atoms with Gasteiger partial charge in [0.2, 0.25) is 5.95 Å². The van der Waals surface area contributed by atoms with E-state index in [2.05, 4.69) is 36.3 Å². The highest BCUT2D eigenvalue weighted by Crippen LogP contribution is 2.39. The average Bonchev–Trinajstić information content (AvgIpc) is 2.71. The summed E-state index contributed by atoms with van der Waals surface area (Å²) in [5.74, 6) is 1.19. The molecule has 5 rings (SSSR count). The lowest BCUT2D eigenvalue weighted by molar-refractivity contribution is 0.242. The van der Waals surface area contributed by atoms with Crippen LogP contribution in [0.15, 0.2) is 48.7 Å². The molecule has 0 spiro atoms. The van der Waals surface area contributed by atoms with Gasteiger partial charge in [-0.1, -0.05) is 18.2 Å². The Balaban J connectivity index is 1.53. The minimum atomic E-state index is -0.00765. The van der Waals surface area contributed by atoms with Crippen molar-refractivity contribution in [2.75, 3.05) is 20.9 Å². The Bertz CT molecular complexity index is 1120. The van der Waals surface area contributed by atoms with Gasteiger partial charge in [-0.2, -0.15) is 4.98 Å². The number of amides is 2. The number of para-hydroxylation sites is 1. The van der Waals surface area contributed by atoms with Gasteiger partial charge in [0.1, 0.15) is 5.82 Å². The number of carbonyl (C=O) groups is 1. The van der Waals surface area contributed by atoms with Crippen LogP contribution in [0.3, 0.4) is 0 Å². The molecule has 3 N–H and O–H groups in total. The normalized spacial score (nSPS) is 16.1. The molecule has 0 bridgehead atoms. The fourth-order valence-electron chi connectivity index (χ4n) is 4.31. The maximum absolute atomic E-state index is 13.7. The Morgan fingerprint density at radius 3 is 2.42 bits per heavy atom. The summed E-state index contributed by atoms with van der Waals surface area (Å²) in [4.78, 5) is 26.7. The number of nitrogens with two attached hydrogens (primary N) is 1. The van der Waals surface area contributed by atoms with Crippen LogP contribution in [0.4, 0.5) is 33.6 Å². The first-order valence-corrected chi connectivity index (χ1v) is 10.7. The Morgan fingerprint density at radius 2 is 1.77 bits per heavy atom. The van der Waals surface area contributed by atoms with E-state index in [9.17, 15) is 4.79 Å². The van der Waals surface area contributed by atoms with E-state index in [-0.39, 0.29) is 12.1 Å². The Morgan fingerprint density at radius 1 is 1.06 bits per heavy atom. The molecule has 7 heteroatoms. The van der Waals surface area contributed by atoms with E-state index in [0.29, 0.717) is 24.0 Å². The van der Waals surface area contributed by atoms with Gasteiger partial charge in [0, 0.05) is 29.2 Å². The van der Waals surface area contributed by atoms with Crippen molar-refractivity contribution in [1.29, 1.82) is 0 Å². The van der Waals surface area contributed by atoms with E-state index in [1.54, 1.807) is 0 Å². The van der Waals surface area contributed by atoms with Crippen LogP contribution in [0.2, 0.25) is 0 Å². The van der Waals surface area contributed by atoms with Crippen LogP contribution in [0.1, 0.15) is 36.0 Å². The number of nitrogens with zero attached hydrogens (tertiary/aromatic N) is 4. The molecule has 2 amide bonds. The van der Waals surface area contributed by atoms with Crippen LogP contribution in [0, 0.1) is 13.8 Å². The standard InChI is InChI=1S/C24H26N6O/c1-15-5-3-6-16(2)21(15)29-14-17-13-26-23(27-19-11-9-18(25)10-12-19)28-22(17)30(24(29)31)20-7-4-8-20/h3,5-6,9-13,20H,4,7-8,14,25H2,1-2H3,(H,26,27,28). The first-order valence-electron chi connectivity index (χ1n) is 10.7. The predicted molar refractivity (Wildman–Crippen MR) is 124 cm³/mol. The fraction of sp³-hybridized carbons (Fsp3) is 0.292. The van der Waals surface area contributed by atoms with E-state index in [4.69, 9.17) is 10.7 Å². The van der Waals surface area contributed by atoms with E-state index in [1.165, 1.54) is 0 Å². The quantitative estimate of drug-likeness (QED) is 0.592. The van der Waals surface area contributed by atoms with Crippen LogP contribution in [-0.2, 0) is 6.54 Å². The molecule has 0 saturated heterocycles. The first-order chi connectivity index (χ1) is 15.0. The summed E-state index contributed by atoms with van der Waals surface area (Å²) in [6.45, 7) is 4.56. The van der Waals surface area contributed by atoms with Gasteiger partial charge in [0.25, 0.3) is 0 Å². The van der Waals surface area contributed by atoms with Gasteiger partial charge >= 0.3 is 6.03 Å². The lowest BCUT2D eigenvalue weighted by Crippen LogP contribution is -2.54. The third-order valence-corrected chi connectivity index (χ3v) is 6.15. The lowest BCUT2D eigenvalue weighted by Gasteiger charge is -2.44. The number of carbonyl (C=O) groups excluding carboxylic acids is 1. The molecule has 158 valence electrons. The molecule has 2 heterocycles. The molecule has 3 aromatic rings. The highest BCUT2D eigenvalue weighted by Gasteiger charge is 2.40. The predicted octanol–water partition coefficient (Wildman–Crippen LogP) is 4.92. The zero-order valence-electron chi connectivity index (χ0n) is 17.8. The number of nitrogen functional groups attached to an aromatic ring is 1. The highest BCUT2D eigenvalue weighted by atomic mass is 16.2. The summed E-state index contributed by atoms with van der Waals surface area (Å²) in [6.07, 6.45) is 4.96. The monoisotopic (exact) mass is 414 g/mol. The topological polar surface area (TPSA) is 87.4 Å². The molecule has 1 aromatic heterocycles.